The summed E-state index contributed by atoms with van der Waals surface area (Å²) in [5.41, 5.74) is 0. The van der Waals surface area contributed by atoms with Crippen molar-refractivity contribution < 1.29 is 19.5 Å². The van der Waals surface area contributed by atoms with Crippen LogP contribution in [-0.2, 0) is 14.4 Å². The van der Waals surface area contributed by atoms with Gasteiger partial charge in [0.05, 0.1) is 0 Å². The van der Waals surface area contributed by atoms with Crippen LogP contribution in [0.4, 0.5) is 0 Å². The quantitative estimate of drug-likeness (QED) is 0.696. The van der Waals surface area contributed by atoms with Crippen LogP contribution in [0, 0.1) is 5.92 Å². The first-order valence-electron chi connectivity index (χ1n) is 7.18. The lowest BCUT2D eigenvalue weighted by molar-refractivity contribution is -0.149. The predicted octanol–water partition coefficient (Wildman–Crippen LogP) is 1.00. The molecule has 0 aliphatic heterocycles. The Bertz CT molecular complexity index is 366. The van der Waals surface area contributed by atoms with Crippen molar-refractivity contribution in [2.75, 3.05) is 13.1 Å². The molecule has 1 aliphatic rings. The van der Waals surface area contributed by atoms with Crippen molar-refractivity contribution in [3.8, 4) is 0 Å². The maximum absolute atomic E-state index is 12.2. The highest BCUT2D eigenvalue weighted by atomic mass is 16.4. The summed E-state index contributed by atoms with van der Waals surface area (Å²) in [7, 11) is 0. The lowest BCUT2D eigenvalue weighted by Crippen LogP contribution is -2.46. The number of hydrogen-bond donors (Lipinski definition) is 2. The van der Waals surface area contributed by atoms with Gasteiger partial charge in [-0.2, -0.15) is 0 Å². The van der Waals surface area contributed by atoms with Crippen molar-refractivity contribution in [1.82, 2.24) is 10.2 Å². The van der Waals surface area contributed by atoms with Gasteiger partial charge in [-0.3, -0.25) is 9.59 Å². The van der Waals surface area contributed by atoms with Gasteiger partial charge in [-0.1, -0.05) is 19.3 Å². The zero-order valence-corrected chi connectivity index (χ0v) is 12.2. The van der Waals surface area contributed by atoms with Crippen molar-refractivity contribution in [3.05, 3.63) is 0 Å². The number of carboxylic acids is 1. The summed E-state index contributed by atoms with van der Waals surface area (Å²) < 4.78 is 0. The second-order valence-electron chi connectivity index (χ2n) is 5.42. The molecule has 0 saturated heterocycles. The molecular weight excluding hydrogens is 260 g/mol. The molecule has 0 spiro atoms. The van der Waals surface area contributed by atoms with Crippen molar-refractivity contribution in [2.45, 2.75) is 52.0 Å². The number of amides is 2. The van der Waals surface area contributed by atoms with Crippen molar-refractivity contribution in [3.63, 3.8) is 0 Å². The molecule has 114 valence electrons. The van der Waals surface area contributed by atoms with Crippen LogP contribution in [0.1, 0.15) is 46.0 Å². The molecule has 2 amide bonds. The second kappa shape index (κ2) is 7.87. The van der Waals surface area contributed by atoms with Crippen LogP contribution in [0.15, 0.2) is 0 Å². The predicted molar refractivity (Wildman–Crippen MR) is 74.1 cm³/mol. The first-order chi connectivity index (χ1) is 9.41. The third-order valence-electron chi connectivity index (χ3n) is 3.86. The fraction of sp³-hybridized carbons (Fsp3) is 0.786. The van der Waals surface area contributed by atoms with Crippen molar-refractivity contribution in [1.29, 1.82) is 0 Å². The molecule has 0 radical (unpaired) electrons. The third-order valence-corrected chi connectivity index (χ3v) is 3.86. The zero-order chi connectivity index (χ0) is 15.1. The number of nitrogens with one attached hydrogen (secondary N) is 1. The molecule has 0 aromatic heterocycles. The fourth-order valence-electron chi connectivity index (χ4n) is 2.27. The van der Waals surface area contributed by atoms with Gasteiger partial charge in [0, 0.05) is 26.4 Å². The van der Waals surface area contributed by atoms with Crippen molar-refractivity contribution in [2.24, 2.45) is 5.92 Å². The van der Waals surface area contributed by atoms with Crippen LogP contribution in [0.2, 0.25) is 0 Å². The molecule has 1 atom stereocenters. The Hall–Kier alpha value is -1.59. The molecule has 1 aliphatic carbocycles. The molecule has 1 saturated carbocycles. The monoisotopic (exact) mass is 284 g/mol. The van der Waals surface area contributed by atoms with Gasteiger partial charge in [-0.05, 0) is 19.3 Å². The van der Waals surface area contributed by atoms with E-state index in [0.717, 1.165) is 6.42 Å². The van der Waals surface area contributed by atoms with Gasteiger partial charge in [0.25, 0.3) is 0 Å². The smallest absolute Gasteiger partial charge is 0.326 e. The Morgan fingerprint density at radius 2 is 2.00 bits per heavy atom. The zero-order valence-electron chi connectivity index (χ0n) is 12.2. The number of rotatable bonds is 8. The molecule has 0 aromatic carbocycles. The van der Waals surface area contributed by atoms with Gasteiger partial charge in [0.2, 0.25) is 11.8 Å². The number of aliphatic carboxylic acids is 1. The summed E-state index contributed by atoms with van der Waals surface area (Å²) in [6.45, 7) is 3.40. The molecule has 0 aromatic rings. The van der Waals surface area contributed by atoms with Gasteiger partial charge in [-0.25, -0.2) is 4.79 Å². The number of nitrogens with zero attached hydrogens (tertiary/aromatic N) is 1. The SMILES string of the molecule is CC(=O)NCCN(C(=O)CCC1CCC1)C(C)C(=O)O. The number of carboxylic acid groups (broad SMARTS) is 1. The Morgan fingerprint density at radius 1 is 1.35 bits per heavy atom. The third kappa shape index (κ3) is 5.19. The average Bonchev–Trinajstić information content (AvgIpc) is 2.31. The Labute approximate surface area is 119 Å². The van der Waals surface area contributed by atoms with E-state index >= 15 is 0 Å². The van der Waals surface area contributed by atoms with Crippen LogP contribution < -0.4 is 5.32 Å². The summed E-state index contributed by atoms with van der Waals surface area (Å²) in [4.78, 5) is 35.4. The Morgan fingerprint density at radius 3 is 2.45 bits per heavy atom. The standard InChI is InChI=1S/C14H24N2O4/c1-10(14(19)20)16(9-8-15-11(2)17)13(18)7-6-12-4-3-5-12/h10,12H,3-9H2,1-2H3,(H,15,17)(H,19,20). The molecule has 0 heterocycles. The molecule has 1 fully saturated rings. The van der Waals surface area contributed by atoms with E-state index in [4.69, 9.17) is 5.11 Å². The molecule has 20 heavy (non-hydrogen) atoms. The molecule has 6 heteroatoms. The largest absolute Gasteiger partial charge is 0.480 e. The van der Waals surface area contributed by atoms with E-state index in [0.29, 0.717) is 12.3 Å². The fourth-order valence-corrected chi connectivity index (χ4v) is 2.27. The summed E-state index contributed by atoms with van der Waals surface area (Å²) in [6, 6.07) is -0.863. The van der Waals surface area contributed by atoms with E-state index < -0.39 is 12.0 Å². The minimum Gasteiger partial charge on any atom is -0.480 e. The number of hydrogen-bond acceptors (Lipinski definition) is 3. The van der Waals surface area contributed by atoms with Gasteiger partial charge in [-0.15, -0.1) is 0 Å². The van der Waals surface area contributed by atoms with Gasteiger partial charge < -0.3 is 15.3 Å². The van der Waals surface area contributed by atoms with E-state index in [-0.39, 0.29) is 24.9 Å². The van der Waals surface area contributed by atoms with Crippen LogP contribution in [0.3, 0.4) is 0 Å². The molecule has 1 unspecified atom stereocenters. The molecular formula is C14H24N2O4. The normalized spacial score (nSPS) is 16.1. The van der Waals surface area contributed by atoms with Crippen LogP contribution in [-0.4, -0.2) is 46.9 Å². The average molecular weight is 284 g/mol. The van der Waals surface area contributed by atoms with E-state index in [2.05, 4.69) is 5.32 Å². The summed E-state index contributed by atoms with van der Waals surface area (Å²) in [5.74, 6) is -0.729. The van der Waals surface area contributed by atoms with Crippen molar-refractivity contribution >= 4 is 17.8 Å². The first kappa shape index (κ1) is 16.5. The Balaban J connectivity index is 2.47. The molecule has 0 bridgehead atoms. The molecule has 6 nitrogen and oxygen atoms in total. The lowest BCUT2D eigenvalue weighted by Gasteiger charge is -2.29. The maximum Gasteiger partial charge on any atom is 0.326 e. The molecule has 2 N–H and O–H groups in total. The van der Waals surface area contributed by atoms with Gasteiger partial charge in [0.15, 0.2) is 0 Å². The topological polar surface area (TPSA) is 86.7 Å². The summed E-state index contributed by atoms with van der Waals surface area (Å²) >= 11 is 0. The molecule has 1 rings (SSSR count). The van der Waals surface area contributed by atoms with E-state index in [1.54, 1.807) is 0 Å². The number of carbonyl (C=O) groups excluding carboxylic acids is 2. The minimum atomic E-state index is -1.02. The second-order valence-corrected chi connectivity index (χ2v) is 5.42. The Kier molecular flexibility index (Phi) is 6.48. The van der Waals surface area contributed by atoms with Crippen LogP contribution in [0.5, 0.6) is 0 Å². The highest BCUT2D eigenvalue weighted by Gasteiger charge is 2.26. The highest BCUT2D eigenvalue weighted by molar-refractivity contribution is 5.83. The van der Waals surface area contributed by atoms with Gasteiger partial charge >= 0.3 is 5.97 Å². The first-order valence-corrected chi connectivity index (χ1v) is 7.18. The highest BCUT2D eigenvalue weighted by Crippen LogP contribution is 2.30. The van der Waals surface area contributed by atoms with Crippen LogP contribution >= 0.6 is 0 Å². The van der Waals surface area contributed by atoms with E-state index in [1.165, 1.54) is 38.0 Å². The number of carbonyl (C=O) groups is 3. The summed E-state index contributed by atoms with van der Waals surface area (Å²) in [6.07, 6.45) is 4.81. The summed E-state index contributed by atoms with van der Waals surface area (Å²) in [5, 5.41) is 11.6. The van der Waals surface area contributed by atoms with E-state index in [1.807, 2.05) is 0 Å². The van der Waals surface area contributed by atoms with Gasteiger partial charge in [0.1, 0.15) is 6.04 Å². The minimum absolute atomic E-state index is 0.142. The van der Waals surface area contributed by atoms with E-state index in [9.17, 15) is 14.4 Å². The maximum atomic E-state index is 12.2. The lowest BCUT2D eigenvalue weighted by atomic mass is 9.82. The van der Waals surface area contributed by atoms with Crippen LogP contribution in [0.25, 0.3) is 0 Å².